The molecule has 1 aliphatic rings. The molecule has 0 spiro atoms. The zero-order valence-corrected chi connectivity index (χ0v) is 13.7. The highest BCUT2D eigenvalue weighted by Crippen LogP contribution is 2.36. The summed E-state index contributed by atoms with van der Waals surface area (Å²) in [7, 11) is 0. The van der Waals surface area contributed by atoms with E-state index in [1.54, 1.807) is 6.07 Å². The van der Waals surface area contributed by atoms with Gasteiger partial charge in [-0.05, 0) is 31.2 Å². The van der Waals surface area contributed by atoms with Crippen molar-refractivity contribution in [1.29, 1.82) is 0 Å². The first-order chi connectivity index (χ1) is 9.63. The summed E-state index contributed by atoms with van der Waals surface area (Å²) in [5.41, 5.74) is 0. The number of nitrogens with one attached hydrogen (secondary N) is 2. The van der Waals surface area contributed by atoms with Crippen LogP contribution in [0.1, 0.15) is 46.0 Å². The van der Waals surface area contributed by atoms with E-state index in [9.17, 15) is 0 Å². The third-order valence-corrected chi connectivity index (χ3v) is 4.20. The Morgan fingerprint density at radius 2 is 1.95 bits per heavy atom. The molecule has 0 bridgehead atoms. The van der Waals surface area contributed by atoms with Crippen LogP contribution in [0.15, 0.2) is 6.07 Å². The fourth-order valence-electron chi connectivity index (χ4n) is 2.21. The quantitative estimate of drug-likeness (QED) is 0.692. The molecular weight excluding hydrogens is 293 g/mol. The van der Waals surface area contributed by atoms with Crippen molar-refractivity contribution in [3.05, 3.63) is 16.1 Å². The number of pyridine rings is 1. The van der Waals surface area contributed by atoms with Gasteiger partial charge in [-0.15, -0.1) is 0 Å². The maximum atomic E-state index is 6.25. The van der Waals surface area contributed by atoms with Gasteiger partial charge in [0.05, 0.1) is 10.0 Å². The molecule has 1 aromatic heterocycles. The van der Waals surface area contributed by atoms with Gasteiger partial charge < -0.3 is 10.6 Å². The van der Waals surface area contributed by atoms with Crippen LogP contribution in [0.4, 0.5) is 11.6 Å². The predicted octanol–water partition coefficient (Wildman–Crippen LogP) is 5.20. The number of nitrogens with zero attached hydrogens (tertiary/aromatic N) is 1. The molecule has 20 heavy (non-hydrogen) atoms. The van der Waals surface area contributed by atoms with Gasteiger partial charge in [0.15, 0.2) is 0 Å². The Morgan fingerprint density at radius 1 is 1.25 bits per heavy atom. The highest BCUT2D eigenvalue weighted by atomic mass is 35.5. The first-order valence-electron chi connectivity index (χ1n) is 7.50. The van der Waals surface area contributed by atoms with E-state index in [0.29, 0.717) is 21.9 Å². The van der Waals surface area contributed by atoms with Crippen molar-refractivity contribution in [2.45, 2.75) is 52.0 Å². The average Bonchev–Trinajstić information content (AvgIpc) is 3.23. The van der Waals surface area contributed by atoms with E-state index in [2.05, 4.69) is 29.5 Å². The number of hydrogen-bond acceptors (Lipinski definition) is 3. The van der Waals surface area contributed by atoms with Crippen molar-refractivity contribution in [3.8, 4) is 0 Å². The molecule has 5 heteroatoms. The van der Waals surface area contributed by atoms with Crippen molar-refractivity contribution in [3.63, 3.8) is 0 Å². The second-order valence-corrected chi connectivity index (χ2v) is 6.32. The predicted molar refractivity (Wildman–Crippen MR) is 88.1 cm³/mol. The molecule has 112 valence electrons. The molecule has 1 heterocycles. The summed E-state index contributed by atoms with van der Waals surface area (Å²) < 4.78 is 0. The van der Waals surface area contributed by atoms with E-state index < -0.39 is 0 Å². The van der Waals surface area contributed by atoms with Gasteiger partial charge in [0, 0.05) is 12.6 Å². The van der Waals surface area contributed by atoms with Crippen LogP contribution in [0, 0.1) is 5.92 Å². The molecule has 0 radical (unpaired) electrons. The van der Waals surface area contributed by atoms with Crippen molar-refractivity contribution in [2.24, 2.45) is 5.92 Å². The molecule has 2 N–H and O–H groups in total. The van der Waals surface area contributed by atoms with Crippen LogP contribution in [0.5, 0.6) is 0 Å². The van der Waals surface area contributed by atoms with Crippen LogP contribution in [-0.2, 0) is 0 Å². The second kappa shape index (κ2) is 7.37. The van der Waals surface area contributed by atoms with E-state index >= 15 is 0 Å². The summed E-state index contributed by atoms with van der Waals surface area (Å²) in [6.07, 6.45) is 6.04. The van der Waals surface area contributed by atoms with Crippen LogP contribution in [0.2, 0.25) is 10.0 Å². The highest BCUT2D eigenvalue weighted by molar-refractivity contribution is 6.37. The summed E-state index contributed by atoms with van der Waals surface area (Å²) >= 11 is 12.4. The van der Waals surface area contributed by atoms with Crippen molar-refractivity contribution >= 4 is 34.8 Å². The minimum Gasteiger partial charge on any atom is -0.369 e. The number of rotatable bonds is 8. The fourth-order valence-corrected chi connectivity index (χ4v) is 2.69. The molecule has 1 saturated carbocycles. The smallest absolute Gasteiger partial charge is 0.147 e. The Hall–Kier alpha value is -0.670. The Labute approximate surface area is 131 Å². The lowest BCUT2D eigenvalue weighted by Crippen LogP contribution is -2.20. The Balaban J connectivity index is 2.07. The zero-order chi connectivity index (χ0) is 14.5. The standard InChI is InChI=1S/C15H23Cl2N3/c1-3-7-18-14-12(16)9-13(17)15(20-14)19-11(4-2)8-10-5-6-10/h9-11H,3-8H2,1-2H3,(H2,18,19,20). The van der Waals surface area contributed by atoms with Crippen LogP contribution in [0.25, 0.3) is 0 Å². The lowest BCUT2D eigenvalue weighted by atomic mass is 10.1. The Morgan fingerprint density at radius 3 is 2.55 bits per heavy atom. The molecule has 0 aromatic carbocycles. The summed E-state index contributed by atoms with van der Waals surface area (Å²) in [6.45, 7) is 5.16. The van der Waals surface area contributed by atoms with Gasteiger partial charge in [0.2, 0.25) is 0 Å². The third-order valence-electron chi connectivity index (χ3n) is 3.62. The van der Waals surface area contributed by atoms with Gasteiger partial charge in [-0.1, -0.05) is 49.9 Å². The molecule has 1 aromatic rings. The lowest BCUT2D eigenvalue weighted by molar-refractivity contribution is 0.585. The molecule has 3 nitrogen and oxygen atoms in total. The number of halogens is 2. The first-order valence-corrected chi connectivity index (χ1v) is 8.26. The topological polar surface area (TPSA) is 37.0 Å². The molecule has 0 amide bonds. The maximum Gasteiger partial charge on any atom is 0.147 e. The fraction of sp³-hybridized carbons (Fsp3) is 0.667. The van der Waals surface area contributed by atoms with Crippen LogP contribution >= 0.6 is 23.2 Å². The summed E-state index contributed by atoms with van der Waals surface area (Å²) in [6, 6.07) is 2.20. The molecule has 0 aliphatic heterocycles. The van der Waals surface area contributed by atoms with E-state index in [0.717, 1.165) is 31.1 Å². The van der Waals surface area contributed by atoms with Gasteiger partial charge in [-0.3, -0.25) is 0 Å². The molecule has 1 aliphatic carbocycles. The highest BCUT2D eigenvalue weighted by Gasteiger charge is 2.25. The van der Waals surface area contributed by atoms with Crippen molar-refractivity contribution in [2.75, 3.05) is 17.2 Å². The number of hydrogen-bond donors (Lipinski definition) is 2. The van der Waals surface area contributed by atoms with Crippen LogP contribution < -0.4 is 10.6 Å². The molecule has 2 rings (SSSR count). The van der Waals surface area contributed by atoms with Crippen molar-refractivity contribution in [1.82, 2.24) is 4.98 Å². The number of anilines is 2. The first kappa shape index (κ1) is 15.7. The molecule has 1 unspecified atom stereocenters. The summed E-state index contributed by atoms with van der Waals surface area (Å²) in [4.78, 5) is 4.54. The van der Waals surface area contributed by atoms with Gasteiger partial charge in [-0.25, -0.2) is 4.98 Å². The van der Waals surface area contributed by atoms with Gasteiger partial charge >= 0.3 is 0 Å². The normalized spacial score (nSPS) is 16.0. The Bertz CT molecular complexity index is 447. The second-order valence-electron chi connectivity index (χ2n) is 5.50. The van der Waals surface area contributed by atoms with Gasteiger partial charge in [0.25, 0.3) is 0 Å². The summed E-state index contributed by atoms with van der Waals surface area (Å²) in [5, 5.41) is 7.87. The minimum absolute atomic E-state index is 0.438. The summed E-state index contributed by atoms with van der Waals surface area (Å²) in [5.74, 6) is 2.33. The van der Waals surface area contributed by atoms with E-state index in [1.165, 1.54) is 19.3 Å². The molecule has 0 saturated heterocycles. The SMILES string of the molecule is CCCNc1nc(NC(CC)CC2CC2)c(Cl)cc1Cl. The van der Waals surface area contributed by atoms with E-state index in [1.807, 2.05) is 0 Å². The molecule has 1 atom stereocenters. The lowest BCUT2D eigenvalue weighted by Gasteiger charge is -2.19. The van der Waals surface area contributed by atoms with Crippen LogP contribution in [-0.4, -0.2) is 17.6 Å². The third kappa shape index (κ3) is 4.42. The monoisotopic (exact) mass is 315 g/mol. The van der Waals surface area contributed by atoms with Gasteiger partial charge in [-0.2, -0.15) is 0 Å². The largest absolute Gasteiger partial charge is 0.369 e. The van der Waals surface area contributed by atoms with Crippen molar-refractivity contribution < 1.29 is 0 Å². The molecule has 1 fully saturated rings. The number of aromatic nitrogens is 1. The van der Waals surface area contributed by atoms with E-state index in [-0.39, 0.29) is 0 Å². The minimum atomic E-state index is 0.438. The van der Waals surface area contributed by atoms with Crippen LogP contribution in [0.3, 0.4) is 0 Å². The van der Waals surface area contributed by atoms with Gasteiger partial charge in [0.1, 0.15) is 11.6 Å². The zero-order valence-electron chi connectivity index (χ0n) is 12.2. The van der Waals surface area contributed by atoms with E-state index in [4.69, 9.17) is 23.2 Å². The maximum absolute atomic E-state index is 6.25. The molecular formula is C15H23Cl2N3. The average molecular weight is 316 g/mol. The Kier molecular flexibility index (Phi) is 5.79.